The Morgan fingerprint density at radius 3 is 2.33 bits per heavy atom. The van der Waals surface area contributed by atoms with Gasteiger partial charge in [0.1, 0.15) is 0 Å². The molecule has 0 saturated carbocycles. The second-order valence-electron chi connectivity index (χ2n) is 5.36. The molecule has 0 aromatic rings. The molecule has 18 heavy (non-hydrogen) atoms. The minimum Gasteiger partial charge on any atom is -0.382 e. The molecule has 0 unspecified atom stereocenters. The van der Waals surface area contributed by atoms with Gasteiger partial charge in [-0.1, -0.05) is 6.58 Å². The third-order valence-corrected chi connectivity index (χ3v) is 2.18. The molecule has 0 bridgehead atoms. The van der Waals surface area contributed by atoms with Gasteiger partial charge in [-0.2, -0.15) is 0 Å². The molecule has 0 fully saturated rings. The zero-order chi connectivity index (χ0) is 13.9. The summed E-state index contributed by atoms with van der Waals surface area (Å²) >= 11 is 0. The first-order valence-electron chi connectivity index (χ1n) is 6.52. The van der Waals surface area contributed by atoms with Crippen LogP contribution in [0.1, 0.15) is 27.2 Å². The van der Waals surface area contributed by atoms with Crippen molar-refractivity contribution in [3.05, 3.63) is 12.2 Å². The smallest absolute Gasteiger partial charge is 0.0700 e. The lowest BCUT2D eigenvalue weighted by Gasteiger charge is -2.21. The molecular weight excluding hydrogens is 230 g/mol. The van der Waals surface area contributed by atoms with Gasteiger partial charge in [-0.15, -0.1) is 0 Å². The summed E-state index contributed by atoms with van der Waals surface area (Å²) in [5, 5.41) is 3.38. The fourth-order valence-electron chi connectivity index (χ4n) is 1.17. The molecule has 0 aromatic heterocycles. The molecule has 4 nitrogen and oxygen atoms in total. The van der Waals surface area contributed by atoms with E-state index in [1.807, 2.05) is 0 Å². The van der Waals surface area contributed by atoms with Gasteiger partial charge in [0.15, 0.2) is 0 Å². The summed E-state index contributed by atoms with van der Waals surface area (Å²) in [7, 11) is 1.67. The number of hydrogen-bond donors (Lipinski definition) is 1. The molecular formula is C14H29NO3. The number of rotatable bonds is 11. The van der Waals surface area contributed by atoms with E-state index in [-0.39, 0.29) is 5.54 Å². The SMILES string of the molecule is C=C(CNC(C)(C)C)COCCCOCCOC. The lowest BCUT2D eigenvalue weighted by Crippen LogP contribution is -2.37. The van der Waals surface area contributed by atoms with Gasteiger partial charge in [0.25, 0.3) is 0 Å². The van der Waals surface area contributed by atoms with Gasteiger partial charge >= 0.3 is 0 Å². The maximum absolute atomic E-state index is 5.52. The Hall–Kier alpha value is -0.420. The van der Waals surface area contributed by atoms with Crippen molar-refractivity contribution in [2.24, 2.45) is 0 Å². The molecule has 4 heteroatoms. The van der Waals surface area contributed by atoms with Crippen LogP contribution in [-0.2, 0) is 14.2 Å². The molecule has 0 aliphatic rings. The number of methoxy groups -OCH3 is 1. The summed E-state index contributed by atoms with van der Waals surface area (Å²) < 4.78 is 15.7. The minimum atomic E-state index is 0.123. The van der Waals surface area contributed by atoms with Crippen LogP contribution in [0.5, 0.6) is 0 Å². The van der Waals surface area contributed by atoms with Crippen LogP contribution in [0, 0.1) is 0 Å². The monoisotopic (exact) mass is 259 g/mol. The van der Waals surface area contributed by atoms with Crippen molar-refractivity contribution < 1.29 is 14.2 Å². The molecule has 0 amide bonds. The first kappa shape index (κ1) is 17.6. The molecule has 108 valence electrons. The van der Waals surface area contributed by atoms with Gasteiger partial charge in [-0.25, -0.2) is 0 Å². The van der Waals surface area contributed by atoms with Crippen molar-refractivity contribution in [3.63, 3.8) is 0 Å². The Labute approximate surface area is 112 Å². The molecule has 0 atom stereocenters. The number of ether oxygens (including phenoxy) is 3. The Balaban J connectivity index is 3.25. The standard InChI is InChI=1S/C14H29NO3/c1-13(11-15-14(2,3)4)12-18-8-6-7-17-10-9-16-5/h15H,1,6-12H2,2-5H3. The lowest BCUT2D eigenvalue weighted by atomic mass is 10.1. The van der Waals surface area contributed by atoms with Crippen molar-refractivity contribution in [2.45, 2.75) is 32.7 Å². The fourth-order valence-corrected chi connectivity index (χ4v) is 1.17. The lowest BCUT2D eigenvalue weighted by molar-refractivity contribution is 0.0543. The van der Waals surface area contributed by atoms with Gasteiger partial charge in [-0.3, -0.25) is 0 Å². The summed E-state index contributed by atoms with van der Waals surface area (Å²) in [5.74, 6) is 0. The van der Waals surface area contributed by atoms with Gasteiger partial charge in [0, 0.05) is 32.4 Å². The van der Waals surface area contributed by atoms with E-state index in [2.05, 4.69) is 32.7 Å². The predicted molar refractivity (Wildman–Crippen MR) is 75.0 cm³/mol. The molecule has 0 radical (unpaired) electrons. The quantitative estimate of drug-likeness (QED) is 0.455. The topological polar surface area (TPSA) is 39.7 Å². The van der Waals surface area contributed by atoms with E-state index in [1.54, 1.807) is 7.11 Å². The van der Waals surface area contributed by atoms with Crippen LogP contribution in [0.15, 0.2) is 12.2 Å². The minimum absolute atomic E-state index is 0.123. The first-order valence-corrected chi connectivity index (χ1v) is 6.52. The van der Waals surface area contributed by atoms with E-state index in [0.717, 1.165) is 25.1 Å². The van der Waals surface area contributed by atoms with E-state index in [4.69, 9.17) is 14.2 Å². The molecule has 0 aliphatic heterocycles. The summed E-state index contributed by atoms with van der Waals surface area (Å²) in [5.41, 5.74) is 1.20. The molecule has 0 aliphatic carbocycles. The van der Waals surface area contributed by atoms with Crippen LogP contribution in [0.4, 0.5) is 0 Å². The van der Waals surface area contributed by atoms with Crippen LogP contribution >= 0.6 is 0 Å². The maximum atomic E-state index is 5.52. The van der Waals surface area contributed by atoms with E-state index in [1.165, 1.54) is 0 Å². The molecule has 0 rings (SSSR count). The zero-order valence-corrected chi connectivity index (χ0v) is 12.4. The van der Waals surface area contributed by atoms with Crippen molar-refractivity contribution in [1.82, 2.24) is 5.32 Å². The van der Waals surface area contributed by atoms with Crippen LogP contribution in [-0.4, -0.2) is 52.2 Å². The van der Waals surface area contributed by atoms with Gasteiger partial charge < -0.3 is 19.5 Å². The second-order valence-corrected chi connectivity index (χ2v) is 5.36. The Morgan fingerprint density at radius 2 is 1.72 bits per heavy atom. The third kappa shape index (κ3) is 13.6. The number of hydrogen-bond acceptors (Lipinski definition) is 4. The molecule has 1 N–H and O–H groups in total. The largest absolute Gasteiger partial charge is 0.382 e. The first-order chi connectivity index (χ1) is 8.45. The van der Waals surface area contributed by atoms with Crippen LogP contribution in [0.25, 0.3) is 0 Å². The van der Waals surface area contributed by atoms with Crippen molar-refractivity contribution >= 4 is 0 Å². The molecule has 0 spiro atoms. The van der Waals surface area contributed by atoms with Gasteiger partial charge in [0.2, 0.25) is 0 Å². The summed E-state index contributed by atoms with van der Waals surface area (Å²) in [6.45, 7) is 14.5. The normalized spacial score (nSPS) is 11.8. The predicted octanol–water partition coefficient (Wildman–Crippen LogP) is 2.00. The van der Waals surface area contributed by atoms with E-state index in [0.29, 0.717) is 26.4 Å². The van der Waals surface area contributed by atoms with E-state index < -0.39 is 0 Å². The Kier molecular flexibility index (Phi) is 10.3. The van der Waals surface area contributed by atoms with Crippen LogP contribution < -0.4 is 5.32 Å². The highest BCUT2D eigenvalue weighted by Gasteiger charge is 2.08. The highest BCUT2D eigenvalue weighted by atomic mass is 16.5. The average Bonchev–Trinajstić information content (AvgIpc) is 2.29. The van der Waals surface area contributed by atoms with Gasteiger partial charge in [0.05, 0.1) is 19.8 Å². The molecule has 0 saturated heterocycles. The van der Waals surface area contributed by atoms with Crippen LogP contribution in [0.2, 0.25) is 0 Å². The van der Waals surface area contributed by atoms with Crippen molar-refractivity contribution in [3.8, 4) is 0 Å². The summed E-state index contributed by atoms with van der Waals surface area (Å²) in [4.78, 5) is 0. The molecule has 0 aromatic carbocycles. The summed E-state index contributed by atoms with van der Waals surface area (Å²) in [6, 6.07) is 0. The summed E-state index contributed by atoms with van der Waals surface area (Å²) in [6.07, 6.45) is 0.906. The number of nitrogens with one attached hydrogen (secondary N) is 1. The Morgan fingerprint density at radius 1 is 1.06 bits per heavy atom. The van der Waals surface area contributed by atoms with Crippen LogP contribution in [0.3, 0.4) is 0 Å². The average molecular weight is 259 g/mol. The zero-order valence-electron chi connectivity index (χ0n) is 12.4. The van der Waals surface area contributed by atoms with E-state index >= 15 is 0 Å². The van der Waals surface area contributed by atoms with E-state index in [9.17, 15) is 0 Å². The fraction of sp³-hybridized carbons (Fsp3) is 0.857. The van der Waals surface area contributed by atoms with Crippen molar-refractivity contribution in [1.29, 1.82) is 0 Å². The van der Waals surface area contributed by atoms with Crippen molar-refractivity contribution in [2.75, 3.05) is 46.7 Å². The van der Waals surface area contributed by atoms with Gasteiger partial charge in [-0.05, 0) is 32.8 Å². The highest BCUT2D eigenvalue weighted by molar-refractivity contribution is 4.98. The third-order valence-electron chi connectivity index (χ3n) is 2.18. The molecule has 0 heterocycles. The maximum Gasteiger partial charge on any atom is 0.0700 e. The Bertz CT molecular complexity index is 212. The second kappa shape index (κ2) is 10.5. The highest BCUT2D eigenvalue weighted by Crippen LogP contribution is 2.00.